The van der Waals surface area contributed by atoms with Crippen molar-refractivity contribution >= 4 is 0 Å². The molecule has 27 heavy (non-hydrogen) atoms. The van der Waals surface area contributed by atoms with Crippen molar-refractivity contribution in [2.45, 2.75) is 38.3 Å². The summed E-state index contributed by atoms with van der Waals surface area (Å²) < 4.78 is 16.1. The molecule has 0 fully saturated rings. The fourth-order valence-electron chi connectivity index (χ4n) is 3.86. The standard InChI is InChI=1S/C22H29NO4/c1-14-11-16(25-2)5-6-17(14)20(24)8-7-19-18-13-22(27-4)21(26-3)12-15(18)9-10-23-19/h5-6,11-13,19-20,23-24H,7-10H2,1-4H3. The van der Waals surface area contributed by atoms with Crippen molar-refractivity contribution in [3.63, 3.8) is 0 Å². The van der Waals surface area contributed by atoms with Gasteiger partial charge in [0.2, 0.25) is 0 Å². The molecule has 5 nitrogen and oxygen atoms in total. The van der Waals surface area contributed by atoms with Crippen LogP contribution in [-0.4, -0.2) is 33.0 Å². The van der Waals surface area contributed by atoms with E-state index in [1.165, 1.54) is 11.1 Å². The van der Waals surface area contributed by atoms with Crippen LogP contribution in [0.15, 0.2) is 30.3 Å². The molecule has 0 aromatic heterocycles. The van der Waals surface area contributed by atoms with Gasteiger partial charge in [-0.1, -0.05) is 6.07 Å². The number of nitrogens with one attached hydrogen (secondary N) is 1. The van der Waals surface area contributed by atoms with E-state index in [2.05, 4.69) is 17.4 Å². The number of benzene rings is 2. The molecule has 2 atom stereocenters. The summed E-state index contributed by atoms with van der Waals surface area (Å²) in [6, 6.07) is 10.2. The van der Waals surface area contributed by atoms with Crippen molar-refractivity contribution in [2.24, 2.45) is 0 Å². The van der Waals surface area contributed by atoms with Crippen molar-refractivity contribution in [1.29, 1.82) is 0 Å². The molecule has 2 unspecified atom stereocenters. The highest BCUT2D eigenvalue weighted by atomic mass is 16.5. The van der Waals surface area contributed by atoms with Gasteiger partial charge in [-0.15, -0.1) is 0 Å². The third-order valence-corrected chi connectivity index (χ3v) is 5.37. The lowest BCUT2D eigenvalue weighted by Gasteiger charge is -2.29. The summed E-state index contributed by atoms with van der Waals surface area (Å²) in [4.78, 5) is 0. The first-order chi connectivity index (χ1) is 13.1. The fourth-order valence-corrected chi connectivity index (χ4v) is 3.86. The third kappa shape index (κ3) is 4.20. The number of aryl methyl sites for hydroxylation is 1. The van der Waals surface area contributed by atoms with Crippen LogP contribution in [0.5, 0.6) is 17.2 Å². The van der Waals surface area contributed by atoms with Gasteiger partial charge in [-0.05, 0) is 79.3 Å². The molecule has 2 aromatic rings. The molecule has 0 amide bonds. The molecule has 146 valence electrons. The molecule has 5 heteroatoms. The van der Waals surface area contributed by atoms with E-state index in [1.54, 1.807) is 21.3 Å². The lowest BCUT2D eigenvalue weighted by molar-refractivity contribution is 0.158. The molecule has 2 N–H and O–H groups in total. The molecular formula is C22H29NO4. The average Bonchev–Trinajstić information content (AvgIpc) is 2.70. The zero-order valence-electron chi connectivity index (χ0n) is 16.5. The number of methoxy groups -OCH3 is 3. The average molecular weight is 371 g/mol. The Morgan fingerprint density at radius 2 is 1.81 bits per heavy atom. The number of hydrogen-bond donors (Lipinski definition) is 2. The Kier molecular flexibility index (Phi) is 6.24. The van der Waals surface area contributed by atoms with Crippen molar-refractivity contribution in [1.82, 2.24) is 5.32 Å². The summed E-state index contributed by atoms with van der Waals surface area (Å²) in [5, 5.41) is 14.3. The van der Waals surface area contributed by atoms with Crippen LogP contribution in [0.2, 0.25) is 0 Å². The molecule has 0 radical (unpaired) electrons. The molecule has 0 bridgehead atoms. The monoisotopic (exact) mass is 371 g/mol. The second kappa shape index (κ2) is 8.63. The van der Waals surface area contributed by atoms with Crippen LogP contribution in [0.3, 0.4) is 0 Å². The van der Waals surface area contributed by atoms with Gasteiger partial charge in [0, 0.05) is 6.04 Å². The molecule has 0 saturated carbocycles. The van der Waals surface area contributed by atoms with E-state index in [9.17, 15) is 5.11 Å². The van der Waals surface area contributed by atoms with Crippen molar-refractivity contribution in [3.05, 3.63) is 52.6 Å². The quantitative estimate of drug-likeness (QED) is 0.777. The Bertz CT molecular complexity index is 790. The Hall–Kier alpha value is -2.24. The predicted octanol–water partition coefficient (Wildman–Crippen LogP) is 3.72. The number of rotatable bonds is 7. The molecule has 1 aliphatic heterocycles. The van der Waals surface area contributed by atoms with Crippen molar-refractivity contribution in [2.75, 3.05) is 27.9 Å². The van der Waals surface area contributed by atoms with Gasteiger partial charge in [-0.3, -0.25) is 0 Å². The molecule has 1 aliphatic rings. The van der Waals surface area contributed by atoms with Crippen LogP contribution >= 0.6 is 0 Å². The summed E-state index contributed by atoms with van der Waals surface area (Å²) in [5.74, 6) is 2.33. The Morgan fingerprint density at radius 3 is 2.48 bits per heavy atom. The van der Waals surface area contributed by atoms with E-state index < -0.39 is 6.10 Å². The van der Waals surface area contributed by atoms with Gasteiger partial charge in [0.25, 0.3) is 0 Å². The molecule has 3 rings (SSSR count). The minimum Gasteiger partial charge on any atom is -0.497 e. The Morgan fingerprint density at radius 1 is 1.07 bits per heavy atom. The minimum atomic E-state index is -0.497. The second-order valence-corrected chi connectivity index (χ2v) is 6.98. The van der Waals surface area contributed by atoms with Gasteiger partial charge < -0.3 is 24.6 Å². The zero-order valence-corrected chi connectivity index (χ0v) is 16.5. The second-order valence-electron chi connectivity index (χ2n) is 6.98. The first kappa shape index (κ1) is 19.5. The molecule has 0 spiro atoms. The summed E-state index contributed by atoms with van der Waals surface area (Å²) in [5.41, 5.74) is 4.52. The van der Waals surface area contributed by atoms with Gasteiger partial charge in [-0.25, -0.2) is 0 Å². The number of hydrogen-bond acceptors (Lipinski definition) is 5. The minimum absolute atomic E-state index is 0.196. The number of aliphatic hydroxyl groups excluding tert-OH is 1. The van der Waals surface area contributed by atoms with E-state index >= 15 is 0 Å². The highest BCUT2D eigenvalue weighted by molar-refractivity contribution is 5.49. The van der Waals surface area contributed by atoms with Crippen LogP contribution in [0.25, 0.3) is 0 Å². The third-order valence-electron chi connectivity index (χ3n) is 5.37. The highest BCUT2D eigenvalue weighted by Crippen LogP contribution is 2.37. The summed E-state index contributed by atoms with van der Waals surface area (Å²) in [6.45, 7) is 2.93. The van der Waals surface area contributed by atoms with Crippen molar-refractivity contribution < 1.29 is 19.3 Å². The first-order valence-electron chi connectivity index (χ1n) is 9.38. The van der Waals surface area contributed by atoms with Crippen LogP contribution in [0.1, 0.15) is 47.2 Å². The van der Waals surface area contributed by atoms with Gasteiger partial charge >= 0.3 is 0 Å². The number of fused-ring (bicyclic) bond motifs is 1. The van der Waals surface area contributed by atoms with E-state index in [-0.39, 0.29) is 6.04 Å². The SMILES string of the molecule is COc1ccc(C(O)CCC2NCCc3cc(OC)c(OC)cc32)c(C)c1. The maximum absolute atomic E-state index is 10.7. The topological polar surface area (TPSA) is 60.0 Å². The van der Waals surface area contributed by atoms with Gasteiger partial charge in [0.15, 0.2) is 11.5 Å². The molecule has 0 aliphatic carbocycles. The first-order valence-corrected chi connectivity index (χ1v) is 9.38. The van der Waals surface area contributed by atoms with Crippen LogP contribution < -0.4 is 19.5 Å². The Balaban J connectivity index is 1.74. The molecule has 1 heterocycles. The van der Waals surface area contributed by atoms with Crippen LogP contribution in [-0.2, 0) is 6.42 Å². The van der Waals surface area contributed by atoms with Crippen molar-refractivity contribution in [3.8, 4) is 17.2 Å². The largest absolute Gasteiger partial charge is 0.497 e. The fraction of sp³-hybridized carbons (Fsp3) is 0.455. The maximum Gasteiger partial charge on any atom is 0.161 e. The zero-order chi connectivity index (χ0) is 19.4. The van der Waals surface area contributed by atoms with E-state index in [4.69, 9.17) is 14.2 Å². The van der Waals surface area contributed by atoms with E-state index in [0.29, 0.717) is 6.42 Å². The molecular weight excluding hydrogens is 342 g/mol. The lowest BCUT2D eigenvalue weighted by Crippen LogP contribution is -2.30. The normalized spacial score (nSPS) is 17.1. The summed E-state index contributed by atoms with van der Waals surface area (Å²) >= 11 is 0. The highest BCUT2D eigenvalue weighted by Gasteiger charge is 2.23. The van der Waals surface area contributed by atoms with Gasteiger partial charge in [0.05, 0.1) is 27.4 Å². The molecule has 2 aromatic carbocycles. The van der Waals surface area contributed by atoms with E-state index in [1.807, 2.05) is 25.1 Å². The number of ether oxygens (including phenoxy) is 3. The predicted molar refractivity (Wildman–Crippen MR) is 106 cm³/mol. The Labute approximate surface area is 161 Å². The van der Waals surface area contributed by atoms with Crippen LogP contribution in [0.4, 0.5) is 0 Å². The summed E-state index contributed by atoms with van der Waals surface area (Å²) in [7, 11) is 4.97. The smallest absolute Gasteiger partial charge is 0.161 e. The summed E-state index contributed by atoms with van der Waals surface area (Å²) in [6.07, 6.45) is 1.99. The number of aliphatic hydroxyl groups is 1. The van der Waals surface area contributed by atoms with Gasteiger partial charge in [0.1, 0.15) is 5.75 Å². The lowest BCUT2D eigenvalue weighted by atomic mass is 9.89. The van der Waals surface area contributed by atoms with E-state index in [0.717, 1.165) is 47.8 Å². The van der Waals surface area contributed by atoms with Crippen LogP contribution in [0, 0.1) is 6.92 Å². The maximum atomic E-state index is 10.7. The van der Waals surface area contributed by atoms with Gasteiger partial charge in [-0.2, -0.15) is 0 Å². The molecule has 0 saturated heterocycles.